The molecule has 1 aliphatic carbocycles. The first-order valence-corrected chi connectivity index (χ1v) is 12.6. The molecule has 0 saturated carbocycles. The van der Waals surface area contributed by atoms with Crippen LogP contribution in [0.4, 0.5) is 4.39 Å². The number of piperidine rings is 1. The minimum atomic E-state index is -3.62. The molecule has 1 aliphatic heterocycles. The molecule has 4 rings (SSSR count). The number of amides is 1. The number of hydrogen-bond donors (Lipinski definition) is 1. The van der Waals surface area contributed by atoms with Crippen molar-refractivity contribution in [3.63, 3.8) is 0 Å². The number of hydrogen-bond acceptors (Lipinski definition) is 3. The van der Waals surface area contributed by atoms with Crippen LogP contribution in [0.5, 0.6) is 0 Å². The van der Waals surface area contributed by atoms with Crippen LogP contribution in [0.3, 0.4) is 0 Å². The van der Waals surface area contributed by atoms with E-state index in [0.717, 1.165) is 18.4 Å². The highest BCUT2D eigenvalue weighted by Gasteiger charge is 2.32. The first-order chi connectivity index (χ1) is 14.8. The van der Waals surface area contributed by atoms with Crippen molar-refractivity contribution in [3.8, 4) is 0 Å². The van der Waals surface area contributed by atoms with Crippen LogP contribution in [0.2, 0.25) is 0 Å². The molecule has 1 amide bonds. The van der Waals surface area contributed by atoms with Crippen molar-refractivity contribution in [1.29, 1.82) is 0 Å². The maximum Gasteiger partial charge on any atom is 0.223 e. The van der Waals surface area contributed by atoms with E-state index < -0.39 is 15.8 Å². The van der Waals surface area contributed by atoms with Crippen molar-refractivity contribution in [2.75, 3.05) is 13.1 Å². The van der Waals surface area contributed by atoms with Gasteiger partial charge in [-0.15, -0.1) is 0 Å². The minimum absolute atomic E-state index is 0.0286. The number of aryl methyl sites for hydroxylation is 2. The number of fused-ring (bicyclic) bond motifs is 1. The summed E-state index contributed by atoms with van der Waals surface area (Å²) in [6.07, 6.45) is 4.37. The maximum atomic E-state index is 13.9. The number of carbonyl (C=O) groups excluding carboxylic acids is 1. The van der Waals surface area contributed by atoms with Crippen molar-refractivity contribution in [1.82, 2.24) is 9.62 Å². The summed E-state index contributed by atoms with van der Waals surface area (Å²) in [6, 6.07) is 12.3. The zero-order valence-corrected chi connectivity index (χ0v) is 18.6. The predicted molar refractivity (Wildman–Crippen MR) is 118 cm³/mol. The topological polar surface area (TPSA) is 66.5 Å². The molecule has 31 heavy (non-hydrogen) atoms. The zero-order chi connectivity index (χ0) is 22.0. The monoisotopic (exact) mass is 444 g/mol. The number of rotatable bonds is 6. The Morgan fingerprint density at radius 3 is 2.58 bits per heavy atom. The lowest BCUT2D eigenvalue weighted by atomic mass is 9.96. The van der Waals surface area contributed by atoms with E-state index in [1.165, 1.54) is 34.0 Å². The van der Waals surface area contributed by atoms with Crippen LogP contribution < -0.4 is 5.32 Å². The lowest BCUT2D eigenvalue weighted by molar-refractivity contribution is -0.126. The summed E-state index contributed by atoms with van der Waals surface area (Å²) < 4.78 is 40.6. The van der Waals surface area contributed by atoms with E-state index in [1.54, 1.807) is 12.1 Å². The Balaban J connectivity index is 1.32. The molecule has 5 nitrogen and oxygen atoms in total. The van der Waals surface area contributed by atoms with Gasteiger partial charge < -0.3 is 5.32 Å². The Kier molecular flexibility index (Phi) is 6.44. The summed E-state index contributed by atoms with van der Waals surface area (Å²) in [7, 11) is -3.62. The fourth-order valence-electron chi connectivity index (χ4n) is 4.58. The predicted octanol–water partition coefficient (Wildman–Crippen LogP) is 3.73. The van der Waals surface area contributed by atoms with E-state index in [1.807, 2.05) is 6.92 Å². The van der Waals surface area contributed by atoms with E-state index in [2.05, 4.69) is 23.5 Å². The summed E-state index contributed by atoms with van der Waals surface area (Å²) in [5.41, 5.74) is 4.07. The first kappa shape index (κ1) is 22.0. The van der Waals surface area contributed by atoms with Gasteiger partial charge in [-0.05, 0) is 61.8 Å². The molecule has 2 aliphatic rings. The van der Waals surface area contributed by atoms with Gasteiger partial charge in [0.15, 0.2) is 0 Å². The molecule has 1 heterocycles. The van der Waals surface area contributed by atoms with Crippen LogP contribution in [-0.4, -0.2) is 31.7 Å². The van der Waals surface area contributed by atoms with Crippen molar-refractivity contribution >= 4 is 15.9 Å². The fraction of sp³-hybridized carbons (Fsp3) is 0.458. The second kappa shape index (κ2) is 9.09. The first-order valence-electron chi connectivity index (χ1n) is 11.0. The second-order valence-electron chi connectivity index (χ2n) is 8.63. The van der Waals surface area contributed by atoms with Crippen LogP contribution in [0.25, 0.3) is 0 Å². The Labute approximate surface area is 183 Å². The van der Waals surface area contributed by atoms with Gasteiger partial charge in [0.25, 0.3) is 0 Å². The average Bonchev–Trinajstić information content (AvgIpc) is 3.23. The Hall–Kier alpha value is -2.25. The normalized spacial score (nSPS) is 18.5. The van der Waals surface area contributed by atoms with E-state index in [-0.39, 0.29) is 42.3 Å². The summed E-state index contributed by atoms with van der Waals surface area (Å²) >= 11 is 0. The zero-order valence-electron chi connectivity index (χ0n) is 17.8. The summed E-state index contributed by atoms with van der Waals surface area (Å²) in [6.45, 7) is 2.55. The van der Waals surface area contributed by atoms with Gasteiger partial charge in [-0.1, -0.05) is 36.4 Å². The molecule has 1 saturated heterocycles. The van der Waals surface area contributed by atoms with E-state index in [4.69, 9.17) is 0 Å². The van der Waals surface area contributed by atoms with Gasteiger partial charge in [-0.25, -0.2) is 17.1 Å². The van der Waals surface area contributed by atoms with E-state index in [9.17, 15) is 17.6 Å². The van der Waals surface area contributed by atoms with Gasteiger partial charge in [0.1, 0.15) is 5.82 Å². The van der Waals surface area contributed by atoms with Gasteiger partial charge in [0.2, 0.25) is 15.9 Å². The number of carbonyl (C=O) groups is 1. The van der Waals surface area contributed by atoms with Gasteiger partial charge >= 0.3 is 0 Å². The Bertz CT molecular complexity index is 1060. The molecule has 0 aromatic heterocycles. The molecule has 7 heteroatoms. The van der Waals surface area contributed by atoms with Crippen LogP contribution in [0, 0.1) is 11.7 Å². The molecule has 0 radical (unpaired) electrons. The standard InChI is InChI=1S/C24H29FN2O3S/c1-17(20-10-9-18-6-4-7-21(18)15-20)26-24(28)19-11-13-27(14-12-19)31(29,30)16-22-5-2-3-8-23(22)25/h2-3,5,8-10,15,17,19H,4,6-7,11-14,16H2,1H3,(H,26,28)/t17-/m1/s1. The van der Waals surface area contributed by atoms with Crippen molar-refractivity contribution in [3.05, 3.63) is 70.5 Å². The fourth-order valence-corrected chi connectivity index (χ4v) is 6.15. The highest BCUT2D eigenvalue weighted by Crippen LogP contribution is 2.27. The van der Waals surface area contributed by atoms with Gasteiger partial charge in [-0.2, -0.15) is 0 Å². The summed E-state index contributed by atoms with van der Waals surface area (Å²) in [4.78, 5) is 12.8. The highest BCUT2D eigenvalue weighted by atomic mass is 32.2. The number of sulfonamides is 1. The largest absolute Gasteiger partial charge is 0.349 e. The van der Waals surface area contributed by atoms with E-state index in [0.29, 0.717) is 12.8 Å². The Morgan fingerprint density at radius 2 is 1.84 bits per heavy atom. The van der Waals surface area contributed by atoms with Crippen LogP contribution in [0.1, 0.15) is 54.5 Å². The molecule has 0 spiro atoms. The van der Waals surface area contributed by atoms with Crippen LogP contribution >= 0.6 is 0 Å². The van der Waals surface area contributed by atoms with Gasteiger partial charge in [0, 0.05) is 24.6 Å². The lowest BCUT2D eigenvalue weighted by Crippen LogP contribution is -2.43. The van der Waals surface area contributed by atoms with Gasteiger partial charge in [-0.3, -0.25) is 4.79 Å². The van der Waals surface area contributed by atoms with Crippen LogP contribution in [0.15, 0.2) is 42.5 Å². The molecular formula is C24H29FN2O3S. The highest BCUT2D eigenvalue weighted by molar-refractivity contribution is 7.88. The third-order valence-corrected chi connectivity index (χ3v) is 8.32. The summed E-state index contributed by atoms with van der Waals surface area (Å²) in [5, 5.41) is 3.10. The second-order valence-corrected chi connectivity index (χ2v) is 10.6. The molecule has 2 aromatic carbocycles. The Morgan fingerprint density at radius 1 is 1.13 bits per heavy atom. The smallest absolute Gasteiger partial charge is 0.223 e. The molecule has 1 N–H and O–H groups in total. The lowest BCUT2D eigenvalue weighted by Gasteiger charge is -2.31. The van der Waals surface area contributed by atoms with E-state index >= 15 is 0 Å². The van der Waals surface area contributed by atoms with Crippen LogP contribution in [-0.2, 0) is 33.4 Å². The molecule has 166 valence electrons. The third-order valence-electron chi connectivity index (χ3n) is 6.50. The van der Waals surface area contributed by atoms with Crippen molar-refractivity contribution in [2.24, 2.45) is 5.92 Å². The number of benzene rings is 2. The average molecular weight is 445 g/mol. The molecule has 1 atom stereocenters. The van der Waals surface area contributed by atoms with Crippen molar-refractivity contribution < 1.29 is 17.6 Å². The minimum Gasteiger partial charge on any atom is -0.349 e. The molecule has 0 unspecified atom stereocenters. The molecular weight excluding hydrogens is 415 g/mol. The molecule has 0 bridgehead atoms. The third kappa shape index (κ3) is 4.99. The summed E-state index contributed by atoms with van der Waals surface area (Å²) in [5.74, 6) is -1.11. The van der Waals surface area contributed by atoms with Gasteiger partial charge in [0.05, 0.1) is 11.8 Å². The number of halogens is 1. The SMILES string of the molecule is C[C@@H](NC(=O)C1CCN(S(=O)(=O)Cc2ccccc2F)CC1)c1ccc2c(c1)CCC2. The number of nitrogens with zero attached hydrogens (tertiary/aromatic N) is 1. The molecule has 2 aromatic rings. The quantitative estimate of drug-likeness (QED) is 0.738. The molecule has 1 fully saturated rings. The number of nitrogens with one attached hydrogen (secondary N) is 1. The maximum absolute atomic E-state index is 13.9. The van der Waals surface area contributed by atoms with Crippen molar-refractivity contribution in [2.45, 2.75) is 50.8 Å².